The van der Waals surface area contributed by atoms with Gasteiger partial charge in [0.1, 0.15) is 6.04 Å². The minimum Gasteiger partial charge on any atom is -0.314 e. The average Bonchev–Trinajstić information content (AvgIpc) is 3.17. The minimum atomic E-state index is -0.545. The molecule has 6 heteroatoms. The molecule has 0 radical (unpaired) electrons. The molecular formula is C20H23N5O. The summed E-state index contributed by atoms with van der Waals surface area (Å²) in [4.78, 5) is 15.7. The number of aromatic nitrogens is 4. The second kappa shape index (κ2) is 7.47. The molecule has 1 amide bonds. The highest BCUT2D eigenvalue weighted by Gasteiger charge is 2.23. The van der Waals surface area contributed by atoms with Crippen LogP contribution in [-0.2, 0) is 4.79 Å². The molecule has 134 valence electrons. The van der Waals surface area contributed by atoms with Gasteiger partial charge in [0.2, 0.25) is 5.82 Å². The van der Waals surface area contributed by atoms with Crippen LogP contribution in [-0.4, -0.2) is 33.2 Å². The number of likely N-dealkylation sites (N-methyl/N-ethyl adjacent to an activating group) is 1. The van der Waals surface area contributed by atoms with Crippen LogP contribution in [0.4, 0.5) is 5.69 Å². The zero-order valence-electron chi connectivity index (χ0n) is 15.5. The summed E-state index contributed by atoms with van der Waals surface area (Å²) in [6.45, 7) is 6.08. The van der Waals surface area contributed by atoms with Gasteiger partial charge in [-0.05, 0) is 35.8 Å². The third-order valence-corrected chi connectivity index (χ3v) is 4.44. The number of nitrogens with zero attached hydrogens (tertiary/aromatic N) is 5. The number of rotatable bonds is 5. The summed E-state index contributed by atoms with van der Waals surface area (Å²) < 4.78 is 0. The molecule has 0 aliphatic rings. The van der Waals surface area contributed by atoms with E-state index in [0.717, 1.165) is 11.3 Å². The molecule has 0 saturated heterocycles. The van der Waals surface area contributed by atoms with Gasteiger partial charge in [0.15, 0.2) is 0 Å². The summed E-state index contributed by atoms with van der Waals surface area (Å²) in [6, 6.07) is 17.1. The molecule has 26 heavy (non-hydrogen) atoms. The normalized spacial score (nSPS) is 12.2. The first-order valence-corrected chi connectivity index (χ1v) is 8.70. The molecule has 0 saturated carbocycles. The van der Waals surface area contributed by atoms with E-state index in [1.165, 1.54) is 10.4 Å². The fourth-order valence-electron chi connectivity index (χ4n) is 2.68. The monoisotopic (exact) mass is 349 g/mol. The number of anilines is 1. The summed E-state index contributed by atoms with van der Waals surface area (Å²) in [6.07, 6.45) is 0. The second-order valence-corrected chi connectivity index (χ2v) is 6.62. The number of benzene rings is 2. The van der Waals surface area contributed by atoms with Crippen molar-refractivity contribution in [3.05, 3.63) is 60.2 Å². The highest BCUT2D eigenvalue weighted by Crippen LogP contribution is 2.21. The van der Waals surface area contributed by atoms with Crippen molar-refractivity contribution in [1.29, 1.82) is 0 Å². The van der Waals surface area contributed by atoms with Crippen molar-refractivity contribution in [3.63, 3.8) is 0 Å². The number of carbonyl (C=O) groups excluding carboxylic acids is 1. The number of carbonyl (C=O) groups is 1. The van der Waals surface area contributed by atoms with E-state index in [-0.39, 0.29) is 5.91 Å². The number of hydrogen-bond donors (Lipinski definition) is 0. The van der Waals surface area contributed by atoms with Gasteiger partial charge in [-0.15, -0.1) is 10.2 Å². The molecule has 1 heterocycles. The Hall–Kier alpha value is -3.02. The van der Waals surface area contributed by atoms with Crippen molar-refractivity contribution in [3.8, 4) is 11.4 Å². The summed E-state index contributed by atoms with van der Waals surface area (Å²) in [5.74, 6) is 0.886. The smallest absolute Gasteiger partial charge is 0.253 e. The maximum Gasteiger partial charge on any atom is 0.253 e. The molecule has 0 fully saturated rings. The predicted octanol–water partition coefficient (Wildman–Crippen LogP) is 3.69. The lowest BCUT2D eigenvalue weighted by Crippen LogP contribution is -2.34. The van der Waals surface area contributed by atoms with Gasteiger partial charge in [-0.25, -0.2) is 0 Å². The van der Waals surface area contributed by atoms with E-state index < -0.39 is 6.04 Å². The van der Waals surface area contributed by atoms with E-state index in [2.05, 4.69) is 41.4 Å². The zero-order chi connectivity index (χ0) is 18.7. The van der Waals surface area contributed by atoms with Crippen molar-refractivity contribution >= 4 is 11.6 Å². The van der Waals surface area contributed by atoms with Crippen molar-refractivity contribution in [2.75, 3.05) is 11.9 Å². The van der Waals surface area contributed by atoms with E-state index >= 15 is 0 Å². The molecule has 0 spiro atoms. The Balaban J connectivity index is 1.77. The Kier molecular flexibility index (Phi) is 5.11. The standard InChI is InChI=1S/C20H23N5O/c1-14(2)16-10-12-17(13-11-16)19-21-23-25(22-19)15(3)20(26)24(4)18-8-6-5-7-9-18/h5-15H,1-4H3/t15-/m0/s1. The van der Waals surface area contributed by atoms with Gasteiger partial charge < -0.3 is 4.90 Å². The van der Waals surface area contributed by atoms with Crippen LogP contribution in [0.2, 0.25) is 0 Å². The summed E-state index contributed by atoms with van der Waals surface area (Å²) in [7, 11) is 1.75. The van der Waals surface area contributed by atoms with Gasteiger partial charge in [-0.3, -0.25) is 4.79 Å². The van der Waals surface area contributed by atoms with E-state index in [0.29, 0.717) is 11.7 Å². The molecule has 2 aromatic carbocycles. The third-order valence-electron chi connectivity index (χ3n) is 4.44. The highest BCUT2D eigenvalue weighted by atomic mass is 16.2. The maximum absolute atomic E-state index is 12.7. The van der Waals surface area contributed by atoms with Crippen molar-refractivity contribution in [1.82, 2.24) is 20.2 Å². The Morgan fingerprint density at radius 3 is 2.27 bits per heavy atom. The molecule has 3 rings (SSSR count). The lowest BCUT2D eigenvalue weighted by Gasteiger charge is -2.20. The van der Waals surface area contributed by atoms with Crippen LogP contribution in [0, 0.1) is 0 Å². The molecule has 1 aromatic heterocycles. The first-order chi connectivity index (χ1) is 12.5. The van der Waals surface area contributed by atoms with Gasteiger partial charge in [-0.2, -0.15) is 4.80 Å². The van der Waals surface area contributed by atoms with Crippen LogP contribution in [0.1, 0.15) is 38.3 Å². The predicted molar refractivity (Wildman–Crippen MR) is 102 cm³/mol. The quantitative estimate of drug-likeness (QED) is 0.705. The topological polar surface area (TPSA) is 63.9 Å². The molecule has 0 N–H and O–H groups in total. The fourth-order valence-corrected chi connectivity index (χ4v) is 2.68. The molecule has 3 aromatic rings. The van der Waals surface area contributed by atoms with Crippen molar-refractivity contribution < 1.29 is 4.79 Å². The number of amides is 1. The van der Waals surface area contributed by atoms with Crippen LogP contribution >= 0.6 is 0 Å². The molecule has 0 aliphatic carbocycles. The van der Waals surface area contributed by atoms with Crippen molar-refractivity contribution in [2.24, 2.45) is 0 Å². The van der Waals surface area contributed by atoms with Crippen LogP contribution in [0.5, 0.6) is 0 Å². The number of para-hydroxylation sites is 1. The first-order valence-electron chi connectivity index (χ1n) is 8.70. The Morgan fingerprint density at radius 2 is 1.65 bits per heavy atom. The Bertz CT molecular complexity index is 871. The minimum absolute atomic E-state index is 0.102. The van der Waals surface area contributed by atoms with Gasteiger partial charge in [-0.1, -0.05) is 56.3 Å². The Morgan fingerprint density at radius 1 is 1.00 bits per heavy atom. The molecule has 6 nitrogen and oxygen atoms in total. The average molecular weight is 349 g/mol. The maximum atomic E-state index is 12.7. The largest absolute Gasteiger partial charge is 0.314 e. The van der Waals surface area contributed by atoms with E-state index in [9.17, 15) is 4.79 Å². The number of hydrogen-bond acceptors (Lipinski definition) is 4. The van der Waals surface area contributed by atoms with Gasteiger partial charge in [0.25, 0.3) is 5.91 Å². The zero-order valence-corrected chi connectivity index (χ0v) is 15.5. The second-order valence-electron chi connectivity index (χ2n) is 6.62. The lowest BCUT2D eigenvalue weighted by atomic mass is 10.0. The Labute approximate surface area is 153 Å². The van der Waals surface area contributed by atoms with Gasteiger partial charge in [0, 0.05) is 18.3 Å². The molecular weight excluding hydrogens is 326 g/mol. The van der Waals surface area contributed by atoms with Crippen LogP contribution in [0.25, 0.3) is 11.4 Å². The van der Waals surface area contributed by atoms with E-state index in [4.69, 9.17) is 0 Å². The molecule has 1 atom stereocenters. The first kappa shape index (κ1) is 17.8. The van der Waals surface area contributed by atoms with Crippen LogP contribution < -0.4 is 4.90 Å². The SMILES string of the molecule is CC(C)c1ccc(-c2nnn([C@@H](C)C(=O)N(C)c3ccccc3)n2)cc1. The lowest BCUT2D eigenvalue weighted by molar-refractivity contribution is -0.121. The molecule has 0 aliphatic heterocycles. The van der Waals surface area contributed by atoms with Crippen LogP contribution in [0.3, 0.4) is 0 Å². The van der Waals surface area contributed by atoms with E-state index in [1.54, 1.807) is 18.9 Å². The number of tetrazole rings is 1. The van der Waals surface area contributed by atoms with Crippen LogP contribution in [0.15, 0.2) is 54.6 Å². The highest BCUT2D eigenvalue weighted by molar-refractivity contribution is 5.95. The molecule has 0 bridgehead atoms. The van der Waals surface area contributed by atoms with Gasteiger partial charge >= 0.3 is 0 Å². The fraction of sp³-hybridized carbons (Fsp3) is 0.300. The molecule has 0 unspecified atom stereocenters. The van der Waals surface area contributed by atoms with Gasteiger partial charge in [0.05, 0.1) is 0 Å². The summed E-state index contributed by atoms with van der Waals surface area (Å²) >= 11 is 0. The summed E-state index contributed by atoms with van der Waals surface area (Å²) in [5, 5.41) is 12.6. The summed E-state index contributed by atoms with van der Waals surface area (Å²) in [5.41, 5.74) is 2.97. The third kappa shape index (κ3) is 3.64. The van der Waals surface area contributed by atoms with Crippen molar-refractivity contribution in [2.45, 2.75) is 32.7 Å². The van der Waals surface area contributed by atoms with E-state index in [1.807, 2.05) is 42.5 Å².